The van der Waals surface area contributed by atoms with Gasteiger partial charge in [0.15, 0.2) is 0 Å². The molecule has 0 atom stereocenters. The molecular formula is C20H19ClN2O5. The number of carbonyl (C=O) groups excluding carboxylic acids is 2. The van der Waals surface area contributed by atoms with Gasteiger partial charge in [-0.15, -0.1) is 0 Å². The lowest BCUT2D eigenvalue weighted by atomic mass is 10.1. The van der Waals surface area contributed by atoms with E-state index in [2.05, 4.69) is 4.74 Å². The normalized spacial score (nSPS) is 10.8. The number of benzene rings is 2. The lowest BCUT2D eigenvalue weighted by Gasteiger charge is -2.14. The largest absolute Gasteiger partial charge is 0.497 e. The first kappa shape index (κ1) is 19.7. The predicted molar refractivity (Wildman–Crippen MR) is 104 cm³/mol. The zero-order chi connectivity index (χ0) is 20.4. The molecule has 3 aromatic rings. The number of methoxy groups -OCH3 is 2. The highest BCUT2D eigenvalue weighted by Crippen LogP contribution is 2.31. The van der Waals surface area contributed by atoms with Crippen molar-refractivity contribution in [2.24, 2.45) is 0 Å². The number of aromatic nitrogens is 1. The average molecular weight is 403 g/mol. The molecule has 0 bridgehead atoms. The summed E-state index contributed by atoms with van der Waals surface area (Å²) in [7, 11) is 2.71. The Hall–Kier alpha value is -3.03. The second kappa shape index (κ2) is 7.92. The fraction of sp³-hybridized carbons (Fsp3) is 0.200. The highest BCUT2D eigenvalue weighted by Gasteiger charge is 2.23. The molecule has 0 unspecified atom stereocenters. The number of rotatable bonds is 4. The molecule has 0 saturated carbocycles. The Morgan fingerprint density at radius 2 is 1.82 bits per heavy atom. The average Bonchev–Trinajstić information content (AvgIpc) is 2.98. The maximum Gasteiger partial charge on any atom is 0.433 e. The SMILES string of the molecule is COC(=O)N(O)Cc1c(C)n(C(=O)c2ccc(Cl)cc2)c2ccc(OC)cc12. The van der Waals surface area contributed by atoms with Crippen LogP contribution in [0.25, 0.3) is 10.9 Å². The van der Waals surface area contributed by atoms with Gasteiger partial charge in [0.25, 0.3) is 5.91 Å². The molecule has 0 aliphatic rings. The highest BCUT2D eigenvalue weighted by atomic mass is 35.5. The summed E-state index contributed by atoms with van der Waals surface area (Å²) in [6.45, 7) is 1.60. The van der Waals surface area contributed by atoms with Gasteiger partial charge in [0.2, 0.25) is 0 Å². The van der Waals surface area contributed by atoms with Gasteiger partial charge in [-0.1, -0.05) is 11.6 Å². The van der Waals surface area contributed by atoms with Crippen LogP contribution in [0.2, 0.25) is 5.02 Å². The minimum absolute atomic E-state index is 0.150. The first-order chi connectivity index (χ1) is 13.4. The molecule has 1 N–H and O–H groups in total. The molecule has 1 aromatic heterocycles. The Balaban J connectivity index is 2.17. The number of ether oxygens (including phenoxy) is 2. The van der Waals surface area contributed by atoms with E-state index >= 15 is 0 Å². The second-order valence-corrected chi connectivity index (χ2v) is 6.56. The van der Waals surface area contributed by atoms with E-state index in [0.29, 0.717) is 43.6 Å². The van der Waals surface area contributed by atoms with Gasteiger partial charge in [-0.05, 0) is 49.4 Å². The number of hydrogen-bond acceptors (Lipinski definition) is 5. The van der Waals surface area contributed by atoms with E-state index in [1.807, 2.05) is 0 Å². The van der Waals surface area contributed by atoms with E-state index in [4.69, 9.17) is 16.3 Å². The Bertz CT molecular complexity index is 1040. The van der Waals surface area contributed by atoms with Gasteiger partial charge in [-0.2, -0.15) is 5.06 Å². The number of amides is 1. The monoisotopic (exact) mass is 402 g/mol. The zero-order valence-corrected chi connectivity index (χ0v) is 16.4. The summed E-state index contributed by atoms with van der Waals surface area (Å²) < 4.78 is 11.4. The van der Waals surface area contributed by atoms with Gasteiger partial charge in [0.05, 0.1) is 26.3 Å². The van der Waals surface area contributed by atoms with E-state index in [9.17, 15) is 14.8 Å². The molecule has 7 nitrogen and oxygen atoms in total. The molecular weight excluding hydrogens is 384 g/mol. The summed E-state index contributed by atoms with van der Waals surface area (Å²) in [5, 5.41) is 11.7. The predicted octanol–water partition coefficient (Wildman–Crippen LogP) is 4.26. The number of carbonyl (C=O) groups is 2. The molecule has 3 rings (SSSR count). The molecule has 0 spiro atoms. The molecule has 0 radical (unpaired) electrons. The van der Waals surface area contributed by atoms with Crippen LogP contribution in [0.4, 0.5) is 4.79 Å². The van der Waals surface area contributed by atoms with Gasteiger partial charge in [-0.3, -0.25) is 14.6 Å². The number of hydrogen-bond donors (Lipinski definition) is 1. The molecule has 28 heavy (non-hydrogen) atoms. The highest BCUT2D eigenvalue weighted by molar-refractivity contribution is 6.30. The van der Waals surface area contributed by atoms with Crippen molar-refractivity contribution in [3.63, 3.8) is 0 Å². The topological polar surface area (TPSA) is 81.0 Å². The Kier molecular flexibility index (Phi) is 5.58. The van der Waals surface area contributed by atoms with Crippen LogP contribution in [0.3, 0.4) is 0 Å². The maximum atomic E-state index is 13.2. The summed E-state index contributed by atoms with van der Waals surface area (Å²) >= 11 is 5.92. The standard InChI is InChI=1S/C20H19ClN2O5/c1-12-17(11-22(26)20(25)28-3)16-10-15(27-2)8-9-18(16)23(12)19(24)13-4-6-14(21)7-5-13/h4-10,26H,11H2,1-3H3. The van der Waals surface area contributed by atoms with E-state index < -0.39 is 6.09 Å². The summed E-state index contributed by atoms with van der Waals surface area (Å²) in [4.78, 5) is 24.8. The second-order valence-electron chi connectivity index (χ2n) is 6.12. The fourth-order valence-electron chi connectivity index (χ4n) is 3.09. The van der Waals surface area contributed by atoms with Crippen LogP contribution in [-0.4, -0.2) is 41.1 Å². The van der Waals surface area contributed by atoms with Crippen LogP contribution >= 0.6 is 11.6 Å². The summed E-state index contributed by atoms with van der Waals surface area (Å²) in [6, 6.07) is 11.8. The first-order valence-electron chi connectivity index (χ1n) is 8.40. The molecule has 0 fully saturated rings. The van der Waals surface area contributed by atoms with E-state index in [1.54, 1.807) is 54.0 Å². The Labute approximate surface area is 166 Å². The van der Waals surface area contributed by atoms with E-state index in [1.165, 1.54) is 14.2 Å². The van der Waals surface area contributed by atoms with Crippen molar-refractivity contribution < 1.29 is 24.3 Å². The molecule has 1 amide bonds. The minimum Gasteiger partial charge on any atom is -0.497 e. The molecule has 8 heteroatoms. The minimum atomic E-state index is -0.896. The quantitative estimate of drug-likeness (QED) is 0.521. The summed E-state index contributed by atoms with van der Waals surface area (Å²) in [5.74, 6) is 0.338. The van der Waals surface area contributed by atoms with E-state index in [-0.39, 0.29) is 12.5 Å². The first-order valence-corrected chi connectivity index (χ1v) is 8.77. The van der Waals surface area contributed by atoms with Crippen LogP contribution in [0.15, 0.2) is 42.5 Å². The molecule has 0 saturated heterocycles. The molecule has 146 valence electrons. The lowest BCUT2D eigenvalue weighted by Crippen LogP contribution is -2.27. The van der Waals surface area contributed by atoms with Crippen molar-refractivity contribution in [2.75, 3.05) is 14.2 Å². The van der Waals surface area contributed by atoms with Crippen molar-refractivity contribution >= 4 is 34.5 Å². The maximum absolute atomic E-state index is 13.2. The van der Waals surface area contributed by atoms with Crippen molar-refractivity contribution in [1.29, 1.82) is 0 Å². The van der Waals surface area contributed by atoms with Crippen LogP contribution in [0.1, 0.15) is 21.6 Å². The van der Waals surface area contributed by atoms with Crippen molar-refractivity contribution in [3.8, 4) is 5.75 Å². The zero-order valence-electron chi connectivity index (χ0n) is 15.6. The summed E-state index contributed by atoms with van der Waals surface area (Å²) in [6.07, 6.45) is -0.896. The van der Waals surface area contributed by atoms with Gasteiger partial charge in [0.1, 0.15) is 5.75 Å². The van der Waals surface area contributed by atoms with Crippen molar-refractivity contribution in [3.05, 3.63) is 64.3 Å². The number of nitrogens with zero attached hydrogens (tertiary/aromatic N) is 2. The molecule has 0 aliphatic carbocycles. The third kappa shape index (κ3) is 3.54. The molecule has 1 heterocycles. The van der Waals surface area contributed by atoms with Crippen molar-refractivity contribution in [1.82, 2.24) is 9.63 Å². The number of hydroxylamine groups is 2. The number of fused-ring (bicyclic) bond motifs is 1. The van der Waals surface area contributed by atoms with Gasteiger partial charge < -0.3 is 9.47 Å². The number of halogens is 1. The Morgan fingerprint density at radius 1 is 1.14 bits per heavy atom. The van der Waals surface area contributed by atoms with Crippen LogP contribution in [0.5, 0.6) is 5.75 Å². The van der Waals surface area contributed by atoms with Gasteiger partial charge >= 0.3 is 6.09 Å². The third-order valence-corrected chi connectivity index (χ3v) is 4.78. The van der Waals surface area contributed by atoms with Gasteiger partial charge in [0, 0.05) is 27.2 Å². The lowest BCUT2D eigenvalue weighted by molar-refractivity contribution is -0.0760. The van der Waals surface area contributed by atoms with Crippen LogP contribution in [0, 0.1) is 6.92 Å². The fourth-order valence-corrected chi connectivity index (χ4v) is 3.22. The smallest absolute Gasteiger partial charge is 0.433 e. The molecule has 0 aliphatic heterocycles. The Morgan fingerprint density at radius 3 is 2.43 bits per heavy atom. The van der Waals surface area contributed by atoms with E-state index in [0.717, 1.165) is 0 Å². The van der Waals surface area contributed by atoms with Gasteiger partial charge in [-0.25, -0.2) is 4.79 Å². The van der Waals surface area contributed by atoms with Crippen molar-refractivity contribution in [2.45, 2.75) is 13.5 Å². The van der Waals surface area contributed by atoms with Crippen LogP contribution < -0.4 is 4.74 Å². The van der Waals surface area contributed by atoms with Crippen LogP contribution in [-0.2, 0) is 11.3 Å². The third-order valence-electron chi connectivity index (χ3n) is 4.53. The summed E-state index contributed by atoms with van der Waals surface area (Å²) in [5.41, 5.74) is 2.28. The molecule has 2 aromatic carbocycles.